The second-order valence-electron chi connectivity index (χ2n) is 9.94. The summed E-state index contributed by atoms with van der Waals surface area (Å²) in [6.07, 6.45) is 3.19. The van der Waals surface area contributed by atoms with Gasteiger partial charge < -0.3 is 19.7 Å². The van der Waals surface area contributed by atoms with Gasteiger partial charge in [-0.15, -0.1) is 0 Å². The van der Waals surface area contributed by atoms with Gasteiger partial charge in [-0.2, -0.15) is 0 Å². The molecule has 0 saturated heterocycles. The van der Waals surface area contributed by atoms with Crippen LogP contribution in [0.5, 0.6) is 5.88 Å². The molecule has 1 aliphatic rings. The average molecular weight is 497 g/mol. The molecule has 0 saturated carbocycles. The van der Waals surface area contributed by atoms with Gasteiger partial charge in [-0.05, 0) is 63.9 Å². The third-order valence-corrected chi connectivity index (χ3v) is 7.29. The Morgan fingerprint density at radius 3 is 2.86 bits per heavy atom. The topological polar surface area (TPSA) is 81.7 Å². The summed E-state index contributed by atoms with van der Waals surface area (Å²) >= 11 is 0. The van der Waals surface area contributed by atoms with E-state index in [1.54, 1.807) is 6.20 Å². The van der Waals surface area contributed by atoms with Crippen molar-refractivity contribution < 1.29 is 19.0 Å². The van der Waals surface area contributed by atoms with E-state index in [1.165, 1.54) is 10.9 Å². The van der Waals surface area contributed by atoms with E-state index in [2.05, 4.69) is 40.0 Å². The van der Waals surface area contributed by atoms with Gasteiger partial charge >= 0.3 is 5.97 Å². The number of carbonyl (C=O) groups is 1. The fraction of sp³-hybridized carbons (Fsp3) is 0.500. The van der Waals surface area contributed by atoms with E-state index in [-0.39, 0.29) is 31.2 Å². The van der Waals surface area contributed by atoms with Crippen LogP contribution in [0.25, 0.3) is 10.9 Å². The van der Waals surface area contributed by atoms with Crippen LogP contribution in [0.3, 0.4) is 0 Å². The van der Waals surface area contributed by atoms with E-state index in [1.807, 2.05) is 37.9 Å². The molecular weight excluding hydrogens is 459 g/mol. The molecule has 3 atom stereocenters. The van der Waals surface area contributed by atoms with Crippen LogP contribution in [-0.4, -0.2) is 76.3 Å². The lowest BCUT2D eigenvalue weighted by atomic mass is 9.86. The molecule has 2 N–H and O–H groups in total. The Bertz CT molecular complexity index is 1200. The number of benzene rings is 1. The summed E-state index contributed by atoms with van der Waals surface area (Å²) in [5, 5.41) is 10.8. The molecule has 0 fully saturated rings. The highest BCUT2D eigenvalue weighted by Crippen LogP contribution is 2.43. The van der Waals surface area contributed by atoms with Crippen LogP contribution >= 0.6 is 0 Å². The Hall–Kier alpha value is -2.97. The number of para-hydroxylation sites is 1. The Kier molecular flexibility index (Phi) is 8.26. The molecule has 2 aromatic heterocycles. The van der Waals surface area contributed by atoms with E-state index >= 15 is 0 Å². The SMILES string of the molecule is Cc1c([C@@H]2c3[nH]c4ccccc4c3C[C@@H](C)N2[C@@H](C)CC(=O)O)ccnc1OCCN(C)CCCF. The molecule has 194 valence electrons. The lowest BCUT2D eigenvalue weighted by Crippen LogP contribution is -2.48. The molecule has 36 heavy (non-hydrogen) atoms. The molecule has 1 aromatic carbocycles. The van der Waals surface area contributed by atoms with Gasteiger partial charge in [-0.25, -0.2) is 4.98 Å². The highest BCUT2D eigenvalue weighted by atomic mass is 19.1. The van der Waals surface area contributed by atoms with Crippen LogP contribution in [0.1, 0.15) is 55.1 Å². The van der Waals surface area contributed by atoms with E-state index in [9.17, 15) is 14.3 Å². The van der Waals surface area contributed by atoms with Crippen molar-refractivity contribution in [1.29, 1.82) is 0 Å². The maximum atomic E-state index is 12.5. The molecule has 3 heterocycles. The zero-order valence-corrected chi connectivity index (χ0v) is 21.6. The number of nitrogens with zero attached hydrogens (tertiary/aromatic N) is 3. The first-order chi connectivity index (χ1) is 17.3. The number of likely N-dealkylation sites (N-methyl/N-ethyl adjacent to an activating group) is 1. The van der Waals surface area contributed by atoms with Gasteiger partial charge in [0.25, 0.3) is 0 Å². The molecule has 0 radical (unpaired) electrons. The minimum absolute atomic E-state index is 0.0646. The predicted octanol–water partition coefficient (Wildman–Crippen LogP) is 4.74. The second kappa shape index (κ2) is 11.4. The normalized spacial score (nSPS) is 18.9. The summed E-state index contributed by atoms with van der Waals surface area (Å²) in [7, 11) is 1.96. The van der Waals surface area contributed by atoms with Crippen molar-refractivity contribution in [3.63, 3.8) is 0 Å². The summed E-state index contributed by atoms with van der Waals surface area (Å²) in [5.41, 5.74) is 5.49. The van der Waals surface area contributed by atoms with Gasteiger partial charge in [-0.1, -0.05) is 18.2 Å². The molecular formula is C28H37FN4O3. The first-order valence-corrected chi connectivity index (χ1v) is 12.7. The zero-order valence-electron chi connectivity index (χ0n) is 21.6. The largest absolute Gasteiger partial charge is 0.481 e. The summed E-state index contributed by atoms with van der Waals surface area (Å²) < 4.78 is 18.6. The number of rotatable bonds is 11. The molecule has 1 aliphatic heterocycles. The van der Waals surface area contributed by atoms with Crippen LogP contribution in [0.15, 0.2) is 36.5 Å². The molecule has 0 aliphatic carbocycles. The van der Waals surface area contributed by atoms with Crippen LogP contribution in [0, 0.1) is 6.92 Å². The van der Waals surface area contributed by atoms with Crippen LogP contribution in [0.2, 0.25) is 0 Å². The number of hydrogen-bond acceptors (Lipinski definition) is 5. The number of ether oxygens (including phenoxy) is 1. The Labute approximate surface area is 212 Å². The van der Waals surface area contributed by atoms with Crippen molar-refractivity contribution in [2.75, 3.05) is 33.4 Å². The van der Waals surface area contributed by atoms with E-state index in [4.69, 9.17) is 4.74 Å². The monoisotopic (exact) mass is 496 g/mol. The van der Waals surface area contributed by atoms with E-state index in [0.717, 1.165) is 28.8 Å². The number of nitrogens with one attached hydrogen (secondary N) is 1. The zero-order chi connectivity index (χ0) is 25.8. The quantitative estimate of drug-likeness (QED) is 0.399. The summed E-state index contributed by atoms with van der Waals surface area (Å²) in [6, 6.07) is 10.2. The number of carboxylic acid groups (broad SMARTS) is 1. The fourth-order valence-corrected chi connectivity index (χ4v) is 5.55. The maximum absolute atomic E-state index is 12.5. The third kappa shape index (κ3) is 5.39. The van der Waals surface area contributed by atoms with Crippen molar-refractivity contribution in [1.82, 2.24) is 19.8 Å². The number of halogens is 1. The van der Waals surface area contributed by atoms with Crippen LogP contribution in [-0.2, 0) is 11.2 Å². The minimum atomic E-state index is -0.803. The first kappa shape index (κ1) is 26.1. The Balaban J connectivity index is 1.71. The van der Waals surface area contributed by atoms with Crippen molar-refractivity contribution in [3.8, 4) is 5.88 Å². The Morgan fingerprint density at radius 1 is 1.33 bits per heavy atom. The Morgan fingerprint density at radius 2 is 2.11 bits per heavy atom. The van der Waals surface area contributed by atoms with Crippen LogP contribution in [0.4, 0.5) is 4.39 Å². The third-order valence-electron chi connectivity index (χ3n) is 7.29. The molecule has 0 spiro atoms. The highest BCUT2D eigenvalue weighted by molar-refractivity contribution is 5.85. The lowest BCUT2D eigenvalue weighted by molar-refractivity contribution is -0.138. The number of alkyl halides is 1. The van der Waals surface area contributed by atoms with E-state index in [0.29, 0.717) is 32.0 Å². The van der Waals surface area contributed by atoms with Gasteiger partial charge in [0, 0.05) is 53.5 Å². The van der Waals surface area contributed by atoms with Crippen molar-refractivity contribution >= 4 is 16.9 Å². The van der Waals surface area contributed by atoms with Crippen molar-refractivity contribution in [2.45, 2.75) is 58.2 Å². The number of aromatic amines is 1. The van der Waals surface area contributed by atoms with Crippen LogP contribution < -0.4 is 4.74 Å². The number of aromatic nitrogens is 2. The highest BCUT2D eigenvalue weighted by Gasteiger charge is 2.39. The number of carboxylic acids is 1. The maximum Gasteiger partial charge on any atom is 0.304 e. The van der Waals surface area contributed by atoms with Gasteiger partial charge in [0.15, 0.2) is 0 Å². The number of hydrogen-bond donors (Lipinski definition) is 2. The fourth-order valence-electron chi connectivity index (χ4n) is 5.55. The lowest BCUT2D eigenvalue weighted by Gasteiger charge is -2.44. The molecule has 0 bridgehead atoms. The summed E-state index contributed by atoms with van der Waals surface area (Å²) in [6.45, 7) is 7.69. The predicted molar refractivity (Wildman–Crippen MR) is 139 cm³/mol. The number of pyridine rings is 1. The molecule has 0 amide bonds. The van der Waals surface area contributed by atoms with Gasteiger partial charge in [0.2, 0.25) is 5.88 Å². The van der Waals surface area contributed by atoms with Gasteiger partial charge in [-0.3, -0.25) is 14.1 Å². The average Bonchev–Trinajstić information content (AvgIpc) is 3.21. The molecule has 4 rings (SSSR count). The smallest absolute Gasteiger partial charge is 0.304 e. The molecule has 0 unspecified atom stereocenters. The molecule has 3 aromatic rings. The van der Waals surface area contributed by atoms with Gasteiger partial charge in [0.1, 0.15) is 6.61 Å². The molecule has 8 heteroatoms. The first-order valence-electron chi connectivity index (χ1n) is 12.7. The number of aliphatic carboxylic acids is 1. The molecule has 7 nitrogen and oxygen atoms in total. The van der Waals surface area contributed by atoms with Crippen molar-refractivity contribution in [3.05, 3.63) is 58.9 Å². The standard InChI is InChI=1S/C28H37FN4O3/c1-18-16-23-22-8-5-6-9-24(22)31-26(23)27(33(18)19(2)17-25(34)35)21-10-12-30-28(20(21)3)36-15-14-32(4)13-7-11-29/h5-6,8-10,12,18-19,27,31H,7,11,13-17H2,1-4H3,(H,34,35)/t18-,19+,27-/m1/s1. The summed E-state index contributed by atoms with van der Waals surface area (Å²) in [5.74, 6) is -0.226. The minimum Gasteiger partial charge on any atom is -0.481 e. The number of H-pyrrole nitrogens is 1. The van der Waals surface area contributed by atoms with E-state index < -0.39 is 5.97 Å². The number of fused-ring (bicyclic) bond motifs is 3. The second-order valence-corrected chi connectivity index (χ2v) is 9.94. The van der Waals surface area contributed by atoms with Crippen molar-refractivity contribution in [2.24, 2.45) is 0 Å². The summed E-state index contributed by atoms with van der Waals surface area (Å²) in [4.78, 5) is 24.2. The van der Waals surface area contributed by atoms with Gasteiger partial charge in [0.05, 0.1) is 19.1 Å².